The van der Waals surface area contributed by atoms with Crippen molar-refractivity contribution >= 4 is 22.3 Å². The summed E-state index contributed by atoms with van der Waals surface area (Å²) in [6, 6.07) is 15.5. The molecule has 2 aromatic carbocycles. The van der Waals surface area contributed by atoms with Crippen molar-refractivity contribution in [1.82, 2.24) is 20.0 Å². The predicted molar refractivity (Wildman–Crippen MR) is 153 cm³/mol. The molecule has 5 rings (SSSR count). The van der Waals surface area contributed by atoms with Crippen molar-refractivity contribution in [3.63, 3.8) is 0 Å². The van der Waals surface area contributed by atoms with Gasteiger partial charge in [-0.1, -0.05) is 38.1 Å². The van der Waals surface area contributed by atoms with Crippen LogP contribution in [0.15, 0.2) is 42.7 Å². The van der Waals surface area contributed by atoms with Crippen LogP contribution in [0.5, 0.6) is 0 Å². The van der Waals surface area contributed by atoms with Gasteiger partial charge in [0.05, 0.1) is 63.5 Å². The van der Waals surface area contributed by atoms with Gasteiger partial charge in [0.1, 0.15) is 11.8 Å². The zero-order valence-corrected chi connectivity index (χ0v) is 23.4. The van der Waals surface area contributed by atoms with E-state index < -0.39 is 6.04 Å². The number of hydrogen-bond donors (Lipinski definition) is 2. The van der Waals surface area contributed by atoms with Gasteiger partial charge in [-0.2, -0.15) is 15.8 Å². The molecular weight excluding hydrogens is 498 g/mol. The highest BCUT2D eigenvalue weighted by Gasteiger charge is 2.41. The first-order chi connectivity index (χ1) is 19.1. The SMILES string of the molecule is Cc1c(C#N)cccc1[C@H](Nc1cc(C#N)cc2c(NCC(C)(C)C)c(C#N)cnc12)c1cn(C2(C)CC2)nn1. The second-order valence-corrected chi connectivity index (χ2v) is 11.9. The lowest BCUT2D eigenvalue weighted by atomic mass is 9.94. The second kappa shape index (κ2) is 9.98. The molecule has 9 nitrogen and oxygen atoms in total. The van der Waals surface area contributed by atoms with Gasteiger partial charge in [-0.25, -0.2) is 4.68 Å². The molecular formula is C31H31N9. The Morgan fingerprint density at radius 2 is 1.82 bits per heavy atom. The Hall–Kier alpha value is -4.94. The van der Waals surface area contributed by atoms with Gasteiger partial charge in [-0.05, 0) is 61.4 Å². The van der Waals surface area contributed by atoms with E-state index >= 15 is 0 Å². The normalized spacial score (nSPS) is 14.6. The maximum Gasteiger partial charge on any atom is 0.110 e. The molecule has 0 unspecified atom stereocenters. The minimum Gasteiger partial charge on any atom is -0.383 e. The third-order valence-electron chi connectivity index (χ3n) is 7.46. The van der Waals surface area contributed by atoms with Crippen molar-refractivity contribution in [3.8, 4) is 18.2 Å². The standard InChI is InChI=1S/C31H31N9/c1-19-21(14-33)7-6-8-23(19)29(26-17-40(39-38-26)31(5)9-10-31)37-25-12-20(13-32)11-24-27(36-18-30(2,3)4)22(15-34)16-35-28(24)25/h6-8,11-12,16-17,29,37H,9-10,18H2,1-5H3,(H,35,36)/t29-/m0/s1. The van der Waals surface area contributed by atoms with Crippen LogP contribution in [0, 0.1) is 46.3 Å². The molecule has 9 heteroatoms. The molecule has 200 valence electrons. The zero-order valence-electron chi connectivity index (χ0n) is 23.4. The van der Waals surface area contributed by atoms with E-state index in [2.05, 4.69) is 71.8 Å². The summed E-state index contributed by atoms with van der Waals surface area (Å²) in [5.74, 6) is 0. The molecule has 1 fully saturated rings. The number of benzene rings is 2. The first-order valence-electron chi connectivity index (χ1n) is 13.3. The summed E-state index contributed by atoms with van der Waals surface area (Å²) in [6.07, 6.45) is 5.60. The largest absolute Gasteiger partial charge is 0.383 e. The Kier molecular flexibility index (Phi) is 6.65. The summed E-state index contributed by atoms with van der Waals surface area (Å²) in [4.78, 5) is 4.66. The highest BCUT2D eigenvalue weighted by atomic mass is 15.5. The summed E-state index contributed by atoms with van der Waals surface area (Å²) in [7, 11) is 0. The maximum absolute atomic E-state index is 9.93. The van der Waals surface area contributed by atoms with Gasteiger partial charge < -0.3 is 10.6 Å². The van der Waals surface area contributed by atoms with Gasteiger partial charge in [0.25, 0.3) is 0 Å². The van der Waals surface area contributed by atoms with Gasteiger partial charge in [-0.3, -0.25) is 4.98 Å². The number of fused-ring (bicyclic) bond motifs is 1. The van der Waals surface area contributed by atoms with E-state index in [0.29, 0.717) is 51.2 Å². The molecule has 2 N–H and O–H groups in total. The zero-order chi connectivity index (χ0) is 28.7. The van der Waals surface area contributed by atoms with Crippen molar-refractivity contribution in [2.24, 2.45) is 5.41 Å². The summed E-state index contributed by atoms with van der Waals surface area (Å²) in [5.41, 5.74) is 5.65. The van der Waals surface area contributed by atoms with E-state index in [1.807, 2.05) is 29.9 Å². The quantitative estimate of drug-likeness (QED) is 0.301. The second-order valence-electron chi connectivity index (χ2n) is 11.9. The van der Waals surface area contributed by atoms with E-state index in [1.165, 1.54) is 0 Å². The van der Waals surface area contributed by atoms with Crippen LogP contribution in [-0.4, -0.2) is 26.5 Å². The molecule has 2 aromatic heterocycles. The van der Waals surface area contributed by atoms with Crippen molar-refractivity contribution in [1.29, 1.82) is 15.8 Å². The molecule has 2 heterocycles. The molecule has 1 saturated carbocycles. The molecule has 1 atom stereocenters. The van der Waals surface area contributed by atoms with Crippen LogP contribution in [0.1, 0.15) is 80.1 Å². The minimum absolute atomic E-state index is 0.0321. The number of aromatic nitrogens is 4. The fourth-order valence-corrected chi connectivity index (χ4v) is 4.74. The third-order valence-corrected chi connectivity index (χ3v) is 7.46. The topological polar surface area (TPSA) is 139 Å². The van der Waals surface area contributed by atoms with Crippen LogP contribution in [0.25, 0.3) is 10.9 Å². The number of nitriles is 3. The maximum atomic E-state index is 9.93. The lowest BCUT2D eigenvalue weighted by molar-refractivity contribution is 0.443. The van der Waals surface area contributed by atoms with Crippen LogP contribution < -0.4 is 10.6 Å². The predicted octanol–water partition coefficient (Wildman–Crippen LogP) is 5.92. The summed E-state index contributed by atoms with van der Waals surface area (Å²) >= 11 is 0. The Labute approximate surface area is 234 Å². The van der Waals surface area contributed by atoms with Crippen LogP contribution in [0.3, 0.4) is 0 Å². The molecule has 4 aromatic rings. The van der Waals surface area contributed by atoms with Gasteiger partial charge in [0.2, 0.25) is 0 Å². The van der Waals surface area contributed by atoms with E-state index in [-0.39, 0.29) is 11.0 Å². The molecule has 0 spiro atoms. The van der Waals surface area contributed by atoms with Gasteiger partial charge in [-0.15, -0.1) is 5.10 Å². The van der Waals surface area contributed by atoms with E-state index in [9.17, 15) is 15.8 Å². The van der Waals surface area contributed by atoms with Crippen molar-refractivity contribution < 1.29 is 0 Å². The van der Waals surface area contributed by atoms with Crippen molar-refractivity contribution in [3.05, 3.63) is 76.2 Å². The lowest BCUT2D eigenvalue weighted by Gasteiger charge is -2.23. The summed E-state index contributed by atoms with van der Waals surface area (Å²) < 4.78 is 1.91. The molecule has 0 radical (unpaired) electrons. The molecule has 0 saturated heterocycles. The Balaban J connectivity index is 1.68. The first kappa shape index (κ1) is 26.7. The molecule has 1 aliphatic rings. The van der Waals surface area contributed by atoms with Crippen LogP contribution in [0.2, 0.25) is 0 Å². The third kappa shape index (κ3) is 5.05. The average Bonchev–Trinajstić information content (AvgIpc) is 3.48. The molecule has 0 aliphatic heterocycles. The highest BCUT2D eigenvalue weighted by Crippen LogP contribution is 2.43. The number of hydrogen-bond acceptors (Lipinski definition) is 8. The van der Waals surface area contributed by atoms with E-state index in [0.717, 1.165) is 24.0 Å². The average molecular weight is 530 g/mol. The highest BCUT2D eigenvalue weighted by molar-refractivity contribution is 6.01. The van der Waals surface area contributed by atoms with Gasteiger partial charge in [0.15, 0.2) is 0 Å². The number of rotatable bonds is 7. The molecule has 0 bridgehead atoms. The molecule has 1 aliphatic carbocycles. The summed E-state index contributed by atoms with van der Waals surface area (Å²) in [5, 5.41) is 46.2. The molecule has 0 amide bonds. The monoisotopic (exact) mass is 529 g/mol. The number of anilines is 2. The van der Waals surface area contributed by atoms with E-state index in [4.69, 9.17) is 0 Å². The summed E-state index contributed by atoms with van der Waals surface area (Å²) in [6.45, 7) is 11.0. The number of nitrogens with zero attached hydrogens (tertiary/aromatic N) is 7. The smallest absolute Gasteiger partial charge is 0.110 e. The first-order valence-corrected chi connectivity index (χ1v) is 13.3. The number of pyridine rings is 1. The van der Waals surface area contributed by atoms with Gasteiger partial charge in [0, 0.05) is 18.1 Å². The van der Waals surface area contributed by atoms with Crippen LogP contribution in [-0.2, 0) is 5.54 Å². The Bertz CT molecular complexity index is 1730. The number of nitrogens with one attached hydrogen (secondary N) is 2. The van der Waals surface area contributed by atoms with E-state index in [1.54, 1.807) is 24.4 Å². The fourth-order valence-electron chi connectivity index (χ4n) is 4.74. The van der Waals surface area contributed by atoms with Crippen molar-refractivity contribution in [2.75, 3.05) is 17.2 Å². The Morgan fingerprint density at radius 3 is 2.48 bits per heavy atom. The molecule has 40 heavy (non-hydrogen) atoms. The van der Waals surface area contributed by atoms with Gasteiger partial charge >= 0.3 is 0 Å². The van der Waals surface area contributed by atoms with Crippen LogP contribution >= 0.6 is 0 Å². The van der Waals surface area contributed by atoms with Crippen LogP contribution in [0.4, 0.5) is 11.4 Å². The van der Waals surface area contributed by atoms with Crippen molar-refractivity contribution in [2.45, 2.75) is 59.0 Å². The fraction of sp³-hybridized carbons (Fsp3) is 0.355. The minimum atomic E-state index is -0.468. The lowest BCUT2D eigenvalue weighted by Crippen LogP contribution is -2.20. The Morgan fingerprint density at radius 1 is 1.07 bits per heavy atom.